The lowest BCUT2D eigenvalue weighted by Gasteiger charge is -2.44. The summed E-state index contributed by atoms with van der Waals surface area (Å²) >= 11 is 1.08. The Hall–Kier alpha value is -2.46. The van der Waals surface area contributed by atoms with Gasteiger partial charge in [-0.15, -0.1) is 11.3 Å². The molecule has 0 bridgehead atoms. The van der Waals surface area contributed by atoms with Crippen LogP contribution in [0.3, 0.4) is 0 Å². The molecule has 32 heavy (non-hydrogen) atoms. The van der Waals surface area contributed by atoms with E-state index in [0.29, 0.717) is 4.88 Å². The fraction of sp³-hybridized carbons (Fsp3) is 0.545. The van der Waals surface area contributed by atoms with Crippen molar-refractivity contribution in [2.45, 2.75) is 66.0 Å². The summed E-state index contributed by atoms with van der Waals surface area (Å²) < 4.78 is 33.2. The van der Waals surface area contributed by atoms with Crippen LogP contribution in [0.2, 0.25) is 0 Å². The molecule has 0 saturated heterocycles. The fourth-order valence-corrected chi connectivity index (χ4v) is 4.28. The number of hydrogen-bond donors (Lipinski definition) is 1. The number of carbonyl (C=O) groups excluding carboxylic acids is 2. The predicted molar refractivity (Wildman–Crippen MR) is 118 cm³/mol. The Morgan fingerprint density at radius 2 is 1.88 bits per heavy atom. The number of hydrogen-bond acceptors (Lipinski definition) is 6. The number of anilines is 2. The van der Waals surface area contributed by atoms with Crippen molar-refractivity contribution in [3.05, 3.63) is 34.6 Å². The molecule has 2 aromatic rings. The third-order valence-corrected chi connectivity index (χ3v) is 6.36. The lowest BCUT2D eigenvalue weighted by atomic mass is 9.67. The van der Waals surface area contributed by atoms with E-state index >= 15 is 0 Å². The third kappa shape index (κ3) is 5.47. The highest BCUT2D eigenvalue weighted by molar-refractivity contribution is 7.16. The van der Waals surface area contributed by atoms with E-state index in [1.54, 1.807) is 27.7 Å². The molecule has 1 N–H and O–H groups in total. The minimum absolute atomic E-state index is 0.0147. The number of pyridine rings is 1. The monoisotopic (exact) mass is 466 g/mol. The van der Waals surface area contributed by atoms with Gasteiger partial charge in [0.15, 0.2) is 5.13 Å². The van der Waals surface area contributed by atoms with Crippen LogP contribution < -0.4 is 10.2 Å². The maximum Gasteiger partial charge on any atom is 0.271 e. The van der Waals surface area contributed by atoms with Gasteiger partial charge in [-0.1, -0.05) is 13.8 Å². The van der Waals surface area contributed by atoms with Crippen molar-refractivity contribution in [2.24, 2.45) is 5.41 Å². The average molecular weight is 467 g/mol. The Morgan fingerprint density at radius 3 is 2.38 bits per heavy atom. The molecule has 1 saturated carbocycles. The zero-order valence-electron chi connectivity index (χ0n) is 19.1. The van der Waals surface area contributed by atoms with Crippen LogP contribution in [0.25, 0.3) is 0 Å². The molecule has 1 unspecified atom stereocenters. The van der Waals surface area contributed by atoms with Gasteiger partial charge >= 0.3 is 0 Å². The summed E-state index contributed by atoms with van der Waals surface area (Å²) in [5.41, 5.74) is -0.494. The van der Waals surface area contributed by atoms with Crippen molar-refractivity contribution in [3.63, 3.8) is 0 Å². The van der Waals surface area contributed by atoms with Crippen LogP contribution in [0, 0.1) is 24.2 Å². The third-order valence-electron chi connectivity index (χ3n) is 5.40. The average Bonchev–Trinajstić information content (AvgIpc) is 3.03. The Balaban J connectivity index is 1.93. The molecule has 2 amide bonds. The van der Waals surface area contributed by atoms with Crippen molar-refractivity contribution in [1.82, 2.24) is 15.3 Å². The van der Waals surface area contributed by atoms with E-state index in [0.717, 1.165) is 41.2 Å². The van der Waals surface area contributed by atoms with Crippen LogP contribution in [0.5, 0.6) is 0 Å². The quantitative estimate of drug-likeness (QED) is 0.633. The Labute approximate surface area is 190 Å². The number of nitrogens with zero attached hydrogens (tertiary/aromatic N) is 3. The highest BCUT2D eigenvalue weighted by Crippen LogP contribution is 2.40. The molecule has 1 fully saturated rings. The second-order valence-electron chi connectivity index (χ2n) is 9.56. The minimum atomic E-state index is -1.08. The number of aryl methyl sites for hydroxylation is 1. The number of aromatic nitrogens is 2. The van der Waals surface area contributed by atoms with E-state index in [9.17, 15) is 18.4 Å². The lowest BCUT2D eigenvalue weighted by molar-refractivity contribution is -0.127. The Kier molecular flexibility index (Phi) is 6.67. The Bertz CT molecular complexity index is 1010. The minimum Gasteiger partial charge on any atom is -0.366 e. The van der Waals surface area contributed by atoms with Gasteiger partial charge in [0.25, 0.3) is 11.8 Å². The second-order valence-corrected chi connectivity index (χ2v) is 10.7. The maximum absolute atomic E-state index is 13.8. The fourth-order valence-electron chi connectivity index (χ4n) is 3.33. The smallest absolute Gasteiger partial charge is 0.271 e. The van der Waals surface area contributed by atoms with Gasteiger partial charge in [0.05, 0.1) is 11.3 Å². The molecule has 1 aliphatic rings. The molecule has 0 radical (unpaired) electrons. The predicted octanol–water partition coefficient (Wildman–Crippen LogP) is 4.52. The zero-order chi connectivity index (χ0) is 23.8. The van der Waals surface area contributed by atoms with Gasteiger partial charge in [-0.05, 0) is 46.0 Å². The lowest BCUT2D eigenvalue weighted by Crippen LogP contribution is -2.52. The molecule has 3 rings (SSSR count). The van der Waals surface area contributed by atoms with Crippen LogP contribution in [-0.4, -0.2) is 40.0 Å². The number of rotatable bonds is 6. The van der Waals surface area contributed by atoms with Crippen LogP contribution in [0.4, 0.5) is 19.6 Å². The standard InChI is InChI=1S/C22H28F2N4O3S/c1-12-18(19(30)25-14-7-8-22(14,5)6)27-20(32-12)28(17(29)11-31-21(2,3)4)13-9-15(23)26-16(24)10-13/h9-10,14H,7-8,11H2,1-6H3,(H,25,30). The number of nitrogens with one attached hydrogen (secondary N) is 1. The van der Waals surface area contributed by atoms with E-state index in [1.165, 1.54) is 0 Å². The van der Waals surface area contributed by atoms with Gasteiger partial charge in [0.1, 0.15) is 12.3 Å². The van der Waals surface area contributed by atoms with Crippen LogP contribution in [0.1, 0.15) is 62.8 Å². The summed E-state index contributed by atoms with van der Waals surface area (Å²) in [5.74, 6) is -3.07. The van der Waals surface area contributed by atoms with Gasteiger partial charge in [-0.25, -0.2) is 4.98 Å². The molecule has 0 aliphatic heterocycles. The summed E-state index contributed by atoms with van der Waals surface area (Å²) in [7, 11) is 0. The van der Waals surface area contributed by atoms with Crippen LogP contribution >= 0.6 is 11.3 Å². The molecule has 0 aromatic carbocycles. The topological polar surface area (TPSA) is 84.4 Å². The van der Waals surface area contributed by atoms with Crippen LogP contribution in [0.15, 0.2) is 12.1 Å². The van der Waals surface area contributed by atoms with Gasteiger partial charge in [0, 0.05) is 23.1 Å². The molecule has 2 heterocycles. The highest BCUT2D eigenvalue weighted by atomic mass is 32.1. The zero-order valence-corrected chi connectivity index (χ0v) is 19.9. The SMILES string of the molecule is Cc1sc(N(C(=O)COC(C)(C)C)c2cc(F)nc(F)c2)nc1C(=O)NC1CCC1(C)C. The molecule has 1 aliphatic carbocycles. The maximum atomic E-state index is 13.8. The normalized spacial score (nSPS) is 17.6. The summed E-state index contributed by atoms with van der Waals surface area (Å²) in [6.07, 6.45) is 1.91. The number of halogens is 2. The molecular formula is C22H28F2N4O3S. The first-order valence-electron chi connectivity index (χ1n) is 10.3. The van der Waals surface area contributed by atoms with Crippen molar-refractivity contribution in [1.29, 1.82) is 0 Å². The van der Waals surface area contributed by atoms with Gasteiger partial charge in [-0.3, -0.25) is 14.5 Å². The van der Waals surface area contributed by atoms with Crippen molar-refractivity contribution < 1.29 is 23.1 Å². The second kappa shape index (κ2) is 8.82. The molecule has 7 nitrogen and oxygen atoms in total. The molecule has 174 valence electrons. The molecule has 2 aromatic heterocycles. The molecular weight excluding hydrogens is 438 g/mol. The van der Waals surface area contributed by atoms with Crippen molar-refractivity contribution in [3.8, 4) is 0 Å². The first-order valence-corrected chi connectivity index (χ1v) is 11.2. The van der Waals surface area contributed by atoms with Gasteiger partial charge < -0.3 is 10.1 Å². The molecule has 0 spiro atoms. The number of amides is 2. The van der Waals surface area contributed by atoms with E-state index in [1.807, 2.05) is 0 Å². The van der Waals surface area contributed by atoms with Gasteiger partial charge in [-0.2, -0.15) is 13.8 Å². The van der Waals surface area contributed by atoms with E-state index < -0.39 is 23.4 Å². The van der Waals surface area contributed by atoms with E-state index in [2.05, 4.69) is 29.1 Å². The number of carbonyl (C=O) groups is 2. The molecule has 1 atom stereocenters. The summed E-state index contributed by atoms with van der Waals surface area (Å²) in [5, 5.41) is 3.11. The summed E-state index contributed by atoms with van der Waals surface area (Å²) in [6, 6.07) is 1.91. The molecule has 10 heteroatoms. The number of ether oxygens (including phenoxy) is 1. The Morgan fingerprint density at radius 1 is 1.25 bits per heavy atom. The van der Waals surface area contributed by atoms with Crippen LogP contribution in [-0.2, 0) is 9.53 Å². The van der Waals surface area contributed by atoms with E-state index in [4.69, 9.17) is 4.74 Å². The summed E-state index contributed by atoms with van der Waals surface area (Å²) in [6.45, 7) is 10.9. The van der Waals surface area contributed by atoms with E-state index in [-0.39, 0.29) is 40.5 Å². The van der Waals surface area contributed by atoms with Crippen molar-refractivity contribution in [2.75, 3.05) is 11.5 Å². The summed E-state index contributed by atoms with van der Waals surface area (Å²) in [4.78, 5) is 34.9. The number of thiazole rings is 1. The van der Waals surface area contributed by atoms with Crippen molar-refractivity contribution >= 4 is 34.0 Å². The van der Waals surface area contributed by atoms with Gasteiger partial charge in [0.2, 0.25) is 11.9 Å². The first kappa shape index (κ1) is 24.2. The highest BCUT2D eigenvalue weighted by Gasteiger charge is 2.40. The largest absolute Gasteiger partial charge is 0.366 e. The first-order chi connectivity index (χ1) is 14.8.